The van der Waals surface area contributed by atoms with E-state index in [9.17, 15) is 4.21 Å². The number of hydrogen-bond donors (Lipinski definition) is 0. The second-order valence-electron chi connectivity index (χ2n) is 26.5. The van der Waals surface area contributed by atoms with E-state index in [0.29, 0.717) is 59.2 Å². The lowest BCUT2D eigenvalue weighted by molar-refractivity contribution is -0.125. The van der Waals surface area contributed by atoms with Gasteiger partial charge in [0, 0.05) is 32.3 Å². The largest absolute Gasteiger partial charge is 0.414 e. The first-order chi connectivity index (χ1) is 31.9. The molecule has 5 atom stereocenters. The molecule has 408 valence electrons. The molecule has 1 aromatic carbocycles. The molecular formula is C55H109NO7S2Si5. The molecule has 2 unspecified atom stereocenters. The van der Waals surface area contributed by atoms with Crippen molar-refractivity contribution in [2.75, 3.05) is 25.8 Å². The monoisotopic (exact) mass is 1100 g/mol. The average molecular weight is 1100 g/mol. The highest BCUT2D eigenvalue weighted by Gasteiger charge is 2.47. The lowest BCUT2D eigenvalue weighted by Crippen LogP contribution is -2.49. The van der Waals surface area contributed by atoms with Gasteiger partial charge in [-0.1, -0.05) is 161 Å². The van der Waals surface area contributed by atoms with E-state index in [2.05, 4.69) is 183 Å². The summed E-state index contributed by atoms with van der Waals surface area (Å²) in [7, 11) is -11.5. The molecule has 0 N–H and O–H groups in total. The lowest BCUT2D eigenvalue weighted by atomic mass is 9.83. The van der Waals surface area contributed by atoms with Crippen LogP contribution in [0.3, 0.4) is 0 Å². The Balaban J connectivity index is 2.90. The van der Waals surface area contributed by atoms with Crippen LogP contribution in [0.15, 0.2) is 40.3 Å². The Labute approximate surface area is 443 Å². The summed E-state index contributed by atoms with van der Waals surface area (Å²) in [4.78, 5) is 4.88. The van der Waals surface area contributed by atoms with Crippen LogP contribution in [-0.2, 0) is 38.0 Å². The Bertz CT molecular complexity index is 1850. The average Bonchev–Trinajstić information content (AvgIpc) is 3.66. The lowest BCUT2D eigenvalue weighted by Gasteiger charge is -2.44. The molecule has 0 bridgehead atoms. The molecule has 0 radical (unpaired) electrons. The topological polar surface area (TPSA) is 85.3 Å². The van der Waals surface area contributed by atoms with E-state index >= 15 is 0 Å². The van der Waals surface area contributed by atoms with E-state index in [0.717, 1.165) is 34.4 Å². The Morgan fingerprint density at radius 3 is 1.76 bits per heavy atom. The maximum atomic E-state index is 14.6. The van der Waals surface area contributed by atoms with Gasteiger partial charge in [0.05, 0.1) is 52.0 Å². The molecule has 0 fully saturated rings. The zero-order chi connectivity index (χ0) is 53.9. The molecule has 2 aromatic rings. The molecule has 0 amide bonds. The van der Waals surface area contributed by atoms with Crippen LogP contribution < -0.4 is 0 Å². The molecule has 0 saturated heterocycles. The smallest absolute Gasteiger partial charge is 0.200 e. The molecule has 0 aliphatic rings. The molecule has 15 heteroatoms. The van der Waals surface area contributed by atoms with Crippen LogP contribution in [0.25, 0.3) is 10.2 Å². The van der Waals surface area contributed by atoms with E-state index < -0.39 is 57.6 Å². The summed E-state index contributed by atoms with van der Waals surface area (Å²) in [5, 5.41) is 0.0291. The molecule has 1 aromatic heterocycles. The van der Waals surface area contributed by atoms with Crippen LogP contribution in [0.4, 0.5) is 0 Å². The van der Waals surface area contributed by atoms with E-state index in [1.165, 1.54) is 5.57 Å². The molecule has 0 aliphatic heterocycles. The van der Waals surface area contributed by atoms with Crippen molar-refractivity contribution in [2.24, 2.45) is 5.41 Å². The van der Waals surface area contributed by atoms with Crippen molar-refractivity contribution in [3.8, 4) is 0 Å². The fourth-order valence-electron chi connectivity index (χ4n) is 9.52. The number of ether oxygens (including phenoxy) is 2. The molecule has 0 saturated carbocycles. The van der Waals surface area contributed by atoms with Crippen LogP contribution in [0.1, 0.15) is 144 Å². The fraction of sp³-hybridized carbons (Fsp3) is 0.836. The minimum absolute atomic E-state index is 0.0122. The molecule has 1 heterocycles. The third-order valence-corrected chi connectivity index (χ3v) is 41.1. The van der Waals surface area contributed by atoms with E-state index in [1.807, 2.05) is 18.2 Å². The van der Waals surface area contributed by atoms with E-state index in [-0.39, 0.29) is 41.3 Å². The van der Waals surface area contributed by atoms with Crippen molar-refractivity contribution >= 4 is 73.7 Å². The summed E-state index contributed by atoms with van der Waals surface area (Å²) in [6.45, 7) is 59.9. The van der Waals surface area contributed by atoms with Crippen LogP contribution >= 0.6 is 11.3 Å². The van der Waals surface area contributed by atoms with E-state index in [1.54, 1.807) is 11.3 Å². The molecule has 8 nitrogen and oxygen atoms in total. The number of benzene rings is 1. The summed E-state index contributed by atoms with van der Waals surface area (Å²) in [6.07, 6.45) is 3.69. The number of aromatic nitrogens is 1. The van der Waals surface area contributed by atoms with Gasteiger partial charge in [-0.15, -0.1) is 11.3 Å². The number of para-hydroxylation sites is 1. The van der Waals surface area contributed by atoms with Crippen molar-refractivity contribution < 1.29 is 31.4 Å². The summed E-state index contributed by atoms with van der Waals surface area (Å²) in [6, 6.07) is 12.3. The predicted octanol–water partition coefficient (Wildman–Crippen LogP) is 17.6. The zero-order valence-electron chi connectivity index (χ0n) is 49.8. The van der Waals surface area contributed by atoms with Crippen LogP contribution in [0.2, 0.25) is 96.7 Å². The normalized spacial score (nSPS) is 16.7. The third kappa shape index (κ3) is 19.1. The molecule has 0 aliphatic carbocycles. The number of rotatable bonds is 32. The minimum Gasteiger partial charge on any atom is -0.414 e. The summed E-state index contributed by atoms with van der Waals surface area (Å²) < 4.78 is 59.4. The Hall–Kier alpha value is -0.156. The van der Waals surface area contributed by atoms with Crippen LogP contribution in [-0.4, -0.2) is 101 Å². The van der Waals surface area contributed by atoms with Gasteiger partial charge in [-0.2, -0.15) is 0 Å². The molecular weight excluding hydrogens is 991 g/mol. The van der Waals surface area contributed by atoms with Crippen molar-refractivity contribution in [3.63, 3.8) is 0 Å². The molecule has 0 spiro atoms. The zero-order valence-corrected chi connectivity index (χ0v) is 56.5. The van der Waals surface area contributed by atoms with Gasteiger partial charge in [0.2, 0.25) is 8.32 Å². The van der Waals surface area contributed by atoms with Crippen molar-refractivity contribution in [1.82, 2.24) is 4.98 Å². The number of fused-ring (bicyclic) bond motifs is 1. The first kappa shape index (κ1) is 66.0. The van der Waals surface area contributed by atoms with Crippen molar-refractivity contribution in [3.05, 3.63) is 35.9 Å². The van der Waals surface area contributed by atoms with Gasteiger partial charge in [0.25, 0.3) is 0 Å². The Morgan fingerprint density at radius 2 is 1.27 bits per heavy atom. The second kappa shape index (κ2) is 27.2. The Morgan fingerprint density at radius 1 is 0.743 bits per heavy atom. The highest BCUT2D eigenvalue weighted by atomic mass is 32.2. The van der Waals surface area contributed by atoms with Crippen LogP contribution in [0, 0.1) is 5.41 Å². The van der Waals surface area contributed by atoms with E-state index in [4.69, 9.17) is 32.2 Å². The van der Waals surface area contributed by atoms with Gasteiger partial charge in [-0.05, 0) is 109 Å². The summed E-state index contributed by atoms with van der Waals surface area (Å²) in [5.74, 6) is 0.451. The summed E-state index contributed by atoms with van der Waals surface area (Å²) >= 11 is 1.55. The van der Waals surface area contributed by atoms with Crippen molar-refractivity contribution in [2.45, 2.75) is 269 Å². The third-order valence-electron chi connectivity index (χ3n) is 16.5. The number of nitrogens with zero attached hydrogens (tertiary/aromatic N) is 1. The quantitative estimate of drug-likeness (QED) is 0.0310. The maximum absolute atomic E-state index is 14.6. The maximum Gasteiger partial charge on any atom is 0.200 e. The molecule has 2 rings (SSSR count). The Kier molecular flexibility index (Phi) is 25.7. The highest BCUT2D eigenvalue weighted by molar-refractivity contribution is 7.87. The second-order valence-corrected chi connectivity index (χ2v) is 54.5. The first-order valence-electron chi connectivity index (χ1n) is 27.2. The van der Waals surface area contributed by atoms with Gasteiger partial charge in [-0.25, -0.2) is 4.98 Å². The van der Waals surface area contributed by atoms with Crippen LogP contribution in [0.5, 0.6) is 0 Å². The van der Waals surface area contributed by atoms with Gasteiger partial charge in [-0.3, -0.25) is 4.21 Å². The van der Waals surface area contributed by atoms with Gasteiger partial charge in [0.15, 0.2) is 29.3 Å². The number of thiazole rings is 1. The van der Waals surface area contributed by atoms with Crippen molar-refractivity contribution in [1.29, 1.82) is 0 Å². The predicted molar refractivity (Wildman–Crippen MR) is 319 cm³/mol. The number of hydrogen-bond acceptors (Lipinski definition) is 9. The minimum atomic E-state index is -2.33. The fourth-order valence-corrected chi connectivity index (χ4v) is 24.2. The standard InChI is InChI=1S/C55H109NO7S2Si5/c1-26-69(27-2,28-3)63-51(55(17,18)40-65(57)52-56-48-31-29-30-32-50(48)64-52)38-46(33-34-60-70(42(4)5,43(6)7)44(8)9)37-47(62-68(24,25)54(14,15)16)39-49(59-41-58-35-36-66(19,20)21)45(10)61-67(22,23)53(11,12)13/h29-33,42-45,47,49,51H,26-28,34-41H2,1-25H3/b46-33+/t45-,47+,49-,51?,65?/m1/s1. The SMILES string of the molecule is CC[Si](CC)(CC)OC(C/C(=C/CO[Si](C(C)C)(C(C)C)C(C)C)C[C@@H](C[C@@H](OCOCC[Si](C)(C)C)[C@@H](C)O[Si](C)(C)C(C)(C)C)O[Si](C)(C)C(C)(C)C)C(C)(C)CS(=O)c1nc2ccccc2s1. The highest BCUT2D eigenvalue weighted by Crippen LogP contribution is 2.45. The first-order valence-corrected chi connectivity index (χ1v) is 43.5. The van der Waals surface area contributed by atoms with Gasteiger partial charge in [0.1, 0.15) is 6.79 Å². The summed E-state index contributed by atoms with van der Waals surface area (Å²) in [5.41, 5.74) is 3.12. The van der Waals surface area contributed by atoms with Gasteiger partial charge < -0.3 is 27.2 Å². The van der Waals surface area contributed by atoms with Gasteiger partial charge >= 0.3 is 0 Å². The molecule has 70 heavy (non-hydrogen) atoms.